The van der Waals surface area contributed by atoms with Gasteiger partial charge in [-0.3, -0.25) is 9.80 Å². The SMILES string of the molecule is CCOC(=O)OCCN1CCN(CC(Cc2c(C)c3ccc(OC)c(OC)c3oc2=O)Oc2cc(OC)c(OC)c(OC)c2)CC1. The summed E-state index contributed by atoms with van der Waals surface area (Å²) < 4.78 is 49.8. The maximum Gasteiger partial charge on any atom is 0.508 e. The average Bonchev–Trinajstić information content (AvgIpc) is 3.06. The highest BCUT2D eigenvalue weighted by atomic mass is 16.7. The van der Waals surface area contributed by atoms with Crippen LogP contribution in [0.25, 0.3) is 11.0 Å². The van der Waals surface area contributed by atoms with E-state index in [1.807, 2.05) is 13.0 Å². The van der Waals surface area contributed by atoms with Gasteiger partial charge in [-0.1, -0.05) is 0 Å². The monoisotopic (exact) mass is 644 g/mol. The van der Waals surface area contributed by atoms with Gasteiger partial charge in [0.15, 0.2) is 22.8 Å². The molecule has 1 saturated heterocycles. The summed E-state index contributed by atoms with van der Waals surface area (Å²) in [7, 11) is 7.67. The summed E-state index contributed by atoms with van der Waals surface area (Å²) in [5, 5.41) is 0.748. The molecule has 1 atom stereocenters. The lowest BCUT2D eigenvalue weighted by molar-refractivity contribution is 0.0401. The number of piperazine rings is 1. The predicted octanol–water partition coefficient (Wildman–Crippen LogP) is 3.93. The molecule has 252 valence electrons. The zero-order valence-electron chi connectivity index (χ0n) is 27.6. The minimum atomic E-state index is -0.654. The largest absolute Gasteiger partial charge is 0.508 e. The third-order valence-corrected chi connectivity index (χ3v) is 7.99. The zero-order valence-corrected chi connectivity index (χ0v) is 27.6. The molecule has 0 spiro atoms. The van der Waals surface area contributed by atoms with Crippen LogP contribution < -0.4 is 34.0 Å². The van der Waals surface area contributed by atoms with E-state index in [0.717, 1.165) is 37.1 Å². The summed E-state index contributed by atoms with van der Waals surface area (Å²) in [4.78, 5) is 29.5. The fraction of sp³-hybridized carbons (Fsp3) is 0.515. The van der Waals surface area contributed by atoms with Crippen molar-refractivity contribution in [3.05, 3.63) is 45.8 Å². The number of hydrogen-bond donors (Lipinski definition) is 0. The molecule has 4 rings (SSSR count). The van der Waals surface area contributed by atoms with E-state index in [4.69, 9.17) is 42.3 Å². The Morgan fingerprint density at radius 2 is 1.48 bits per heavy atom. The summed E-state index contributed by atoms with van der Waals surface area (Å²) in [6.45, 7) is 8.41. The first kappa shape index (κ1) is 34.5. The number of benzene rings is 2. The van der Waals surface area contributed by atoms with Crippen molar-refractivity contribution in [3.8, 4) is 34.5 Å². The van der Waals surface area contributed by atoms with Crippen LogP contribution in [0.15, 0.2) is 33.5 Å². The minimum Gasteiger partial charge on any atom is -0.493 e. The Morgan fingerprint density at radius 3 is 2.07 bits per heavy atom. The molecule has 2 heterocycles. The molecule has 13 nitrogen and oxygen atoms in total. The number of hydrogen-bond acceptors (Lipinski definition) is 13. The highest BCUT2D eigenvalue weighted by Crippen LogP contribution is 2.41. The predicted molar refractivity (Wildman–Crippen MR) is 170 cm³/mol. The second-order valence-electron chi connectivity index (χ2n) is 10.6. The van der Waals surface area contributed by atoms with E-state index in [1.54, 1.807) is 46.5 Å². The molecule has 0 bridgehead atoms. The van der Waals surface area contributed by atoms with Crippen LogP contribution in [0.3, 0.4) is 0 Å². The van der Waals surface area contributed by atoms with Gasteiger partial charge in [-0.25, -0.2) is 9.59 Å². The van der Waals surface area contributed by atoms with Gasteiger partial charge < -0.3 is 42.3 Å². The average molecular weight is 645 g/mol. The van der Waals surface area contributed by atoms with Crippen molar-refractivity contribution in [3.63, 3.8) is 0 Å². The molecule has 13 heteroatoms. The van der Waals surface area contributed by atoms with E-state index >= 15 is 0 Å². The van der Waals surface area contributed by atoms with Crippen molar-refractivity contribution in [1.82, 2.24) is 9.80 Å². The maximum atomic E-state index is 13.5. The lowest BCUT2D eigenvalue weighted by Crippen LogP contribution is -2.50. The lowest BCUT2D eigenvalue weighted by Gasteiger charge is -2.36. The number of nitrogens with zero attached hydrogens (tertiary/aromatic N) is 2. The van der Waals surface area contributed by atoms with E-state index in [0.29, 0.717) is 58.7 Å². The molecule has 0 radical (unpaired) electrons. The van der Waals surface area contributed by atoms with Crippen LogP contribution in [-0.4, -0.2) is 110 Å². The summed E-state index contributed by atoms with van der Waals surface area (Å²) in [5.74, 6) is 2.70. The molecular formula is C33H44N2O11. The van der Waals surface area contributed by atoms with Gasteiger partial charge in [0, 0.05) is 68.8 Å². The number of carbonyl (C=O) groups is 1. The maximum absolute atomic E-state index is 13.5. The van der Waals surface area contributed by atoms with Gasteiger partial charge in [0.25, 0.3) is 0 Å². The van der Waals surface area contributed by atoms with Gasteiger partial charge >= 0.3 is 11.8 Å². The van der Waals surface area contributed by atoms with Crippen LogP contribution in [-0.2, 0) is 15.9 Å². The van der Waals surface area contributed by atoms with Crippen molar-refractivity contribution in [1.29, 1.82) is 0 Å². The van der Waals surface area contributed by atoms with E-state index in [-0.39, 0.29) is 19.6 Å². The third kappa shape index (κ3) is 8.07. The third-order valence-electron chi connectivity index (χ3n) is 7.99. The molecule has 2 aromatic carbocycles. The van der Waals surface area contributed by atoms with Crippen LogP contribution >= 0.6 is 0 Å². The highest BCUT2D eigenvalue weighted by Gasteiger charge is 2.26. The molecular weight excluding hydrogens is 600 g/mol. The van der Waals surface area contributed by atoms with Crippen LogP contribution in [0.1, 0.15) is 18.1 Å². The van der Waals surface area contributed by atoms with E-state index in [9.17, 15) is 9.59 Å². The minimum absolute atomic E-state index is 0.263. The molecule has 3 aromatic rings. The molecule has 0 saturated carbocycles. The van der Waals surface area contributed by atoms with E-state index in [1.165, 1.54) is 14.2 Å². The molecule has 0 aliphatic carbocycles. The number of methoxy groups -OCH3 is 5. The first-order valence-electron chi connectivity index (χ1n) is 15.1. The summed E-state index contributed by atoms with van der Waals surface area (Å²) >= 11 is 0. The smallest absolute Gasteiger partial charge is 0.493 e. The Hall–Kier alpha value is -4.36. The van der Waals surface area contributed by atoms with E-state index in [2.05, 4.69) is 9.80 Å². The number of carbonyl (C=O) groups excluding carboxylic acids is 1. The van der Waals surface area contributed by atoms with Crippen molar-refractivity contribution >= 4 is 17.1 Å². The normalized spacial score (nSPS) is 14.4. The van der Waals surface area contributed by atoms with Gasteiger partial charge in [-0.15, -0.1) is 0 Å². The highest BCUT2D eigenvalue weighted by molar-refractivity contribution is 5.88. The topological polar surface area (TPSA) is 128 Å². The van der Waals surface area contributed by atoms with Crippen molar-refractivity contribution in [2.24, 2.45) is 0 Å². The number of rotatable bonds is 15. The van der Waals surface area contributed by atoms with Crippen molar-refractivity contribution in [2.45, 2.75) is 26.4 Å². The van der Waals surface area contributed by atoms with Crippen LogP contribution in [0.2, 0.25) is 0 Å². The molecule has 1 aliphatic heterocycles. The molecule has 1 aromatic heterocycles. The number of fused-ring (bicyclic) bond motifs is 1. The molecule has 1 aliphatic rings. The Labute approximate surface area is 268 Å². The molecule has 0 N–H and O–H groups in total. The Morgan fingerprint density at radius 1 is 0.848 bits per heavy atom. The fourth-order valence-corrected chi connectivity index (χ4v) is 5.59. The Kier molecular flexibility index (Phi) is 12.2. The van der Waals surface area contributed by atoms with Gasteiger partial charge in [0.1, 0.15) is 18.5 Å². The summed E-state index contributed by atoms with van der Waals surface area (Å²) in [6, 6.07) is 7.13. The molecule has 1 fully saturated rings. The second-order valence-corrected chi connectivity index (χ2v) is 10.6. The van der Waals surface area contributed by atoms with Crippen molar-refractivity contribution < 1.29 is 47.1 Å². The summed E-state index contributed by atoms with van der Waals surface area (Å²) in [5.41, 5.74) is 1.14. The second kappa shape index (κ2) is 16.3. The molecule has 1 unspecified atom stereocenters. The number of ether oxygens (including phenoxy) is 8. The van der Waals surface area contributed by atoms with Crippen LogP contribution in [0.4, 0.5) is 4.79 Å². The standard InChI is InChI=1S/C33H44N2O11/c1-8-43-33(37)44-16-15-34-11-13-35(14-12-34)20-23(45-22-18-27(39-4)30(41-6)28(19-22)40-5)17-25-21(2)24-9-10-26(38-3)31(42-7)29(24)46-32(25)36/h9-10,18-19,23H,8,11-17,20H2,1-7H3. The van der Waals surface area contributed by atoms with Crippen molar-refractivity contribution in [2.75, 3.05) is 88.0 Å². The van der Waals surface area contributed by atoms with Gasteiger partial charge in [-0.2, -0.15) is 0 Å². The van der Waals surface area contributed by atoms with Gasteiger partial charge in [0.2, 0.25) is 11.5 Å². The lowest BCUT2D eigenvalue weighted by atomic mass is 10.00. The van der Waals surface area contributed by atoms with Gasteiger partial charge in [0.05, 0.1) is 42.2 Å². The fourth-order valence-electron chi connectivity index (χ4n) is 5.59. The van der Waals surface area contributed by atoms with E-state index < -0.39 is 17.9 Å². The number of aryl methyl sites for hydroxylation is 1. The van der Waals surface area contributed by atoms with Gasteiger partial charge in [-0.05, 0) is 31.5 Å². The Bertz CT molecular complexity index is 1510. The quantitative estimate of drug-likeness (QED) is 0.175. The Balaban J connectivity index is 1.59. The summed E-state index contributed by atoms with van der Waals surface area (Å²) in [6.07, 6.45) is -0.817. The van der Waals surface area contributed by atoms with Crippen LogP contribution in [0.5, 0.6) is 34.5 Å². The first-order chi connectivity index (χ1) is 22.3. The molecule has 46 heavy (non-hydrogen) atoms. The van der Waals surface area contributed by atoms with Crippen LogP contribution in [0, 0.1) is 6.92 Å². The first-order valence-corrected chi connectivity index (χ1v) is 15.1. The zero-order chi connectivity index (χ0) is 33.2. The molecule has 0 amide bonds.